The van der Waals surface area contributed by atoms with Gasteiger partial charge in [0, 0.05) is 6.92 Å². The third-order valence-corrected chi connectivity index (χ3v) is 1.87. The topological polar surface area (TPSA) is 85.2 Å². The SMILES string of the molecule is CC(=O)OC(C)C1(O)OCC(CO)O1. The lowest BCUT2D eigenvalue weighted by Gasteiger charge is -2.26. The molecule has 6 nitrogen and oxygen atoms in total. The molecule has 14 heavy (non-hydrogen) atoms. The Morgan fingerprint density at radius 1 is 1.79 bits per heavy atom. The van der Waals surface area contributed by atoms with Gasteiger partial charge in [-0.2, -0.15) is 0 Å². The summed E-state index contributed by atoms with van der Waals surface area (Å²) in [5, 5.41) is 18.4. The number of ether oxygens (including phenoxy) is 3. The minimum atomic E-state index is -1.95. The average molecular weight is 206 g/mol. The molecule has 6 heteroatoms. The van der Waals surface area contributed by atoms with Crippen LogP contribution in [0.25, 0.3) is 0 Å². The van der Waals surface area contributed by atoms with Crippen molar-refractivity contribution in [2.45, 2.75) is 32.0 Å². The Morgan fingerprint density at radius 2 is 2.43 bits per heavy atom. The molecule has 0 radical (unpaired) electrons. The second kappa shape index (κ2) is 4.22. The number of esters is 1. The maximum Gasteiger partial charge on any atom is 0.320 e. The van der Waals surface area contributed by atoms with E-state index in [4.69, 9.17) is 19.3 Å². The molecular formula is C8H14O6. The Bertz CT molecular complexity index is 218. The van der Waals surface area contributed by atoms with Crippen molar-refractivity contribution in [1.82, 2.24) is 0 Å². The number of hydrogen-bond acceptors (Lipinski definition) is 6. The number of carbonyl (C=O) groups is 1. The predicted octanol–water partition coefficient (Wildman–Crippen LogP) is -1.01. The zero-order valence-electron chi connectivity index (χ0n) is 8.10. The van der Waals surface area contributed by atoms with E-state index >= 15 is 0 Å². The van der Waals surface area contributed by atoms with Crippen molar-refractivity contribution in [3.05, 3.63) is 0 Å². The summed E-state index contributed by atoms with van der Waals surface area (Å²) >= 11 is 0. The Kier molecular flexibility index (Phi) is 3.43. The number of rotatable bonds is 3. The first-order chi connectivity index (χ1) is 6.48. The molecule has 1 aliphatic rings. The van der Waals surface area contributed by atoms with Crippen LogP contribution in [0, 0.1) is 0 Å². The smallest absolute Gasteiger partial charge is 0.320 e. The van der Waals surface area contributed by atoms with E-state index in [-0.39, 0.29) is 13.2 Å². The molecule has 0 amide bonds. The number of aliphatic hydroxyl groups excluding tert-OH is 1. The molecule has 1 aliphatic heterocycles. The largest absolute Gasteiger partial charge is 0.454 e. The standard InChI is InChI=1S/C8H14O6/c1-5(13-6(2)10)8(11)12-4-7(3-9)14-8/h5,7,9,11H,3-4H2,1-2H3. The van der Waals surface area contributed by atoms with E-state index in [0.717, 1.165) is 0 Å². The molecule has 1 fully saturated rings. The molecule has 2 N–H and O–H groups in total. The summed E-state index contributed by atoms with van der Waals surface area (Å²) in [6.45, 7) is 2.48. The minimum Gasteiger partial charge on any atom is -0.454 e. The van der Waals surface area contributed by atoms with Gasteiger partial charge < -0.3 is 24.4 Å². The Balaban J connectivity index is 2.53. The second-order valence-electron chi connectivity index (χ2n) is 3.12. The van der Waals surface area contributed by atoms with Gasteiger partial charge in [-0.1, -0.05) is 0 Å². The van der Waals surface area contributed by atoms with Crippen molar-refractivity contribution in [2.24, 2.45) is 0 Å². The molecule has 0 aromatic carbocycles. The lowest BCUT2D eigenvalue weighted by molar-refractivity contribution is -0.352. The third kappa shape index (κ3) is 2.42. The zero-order valence-corrected chi connectivity index (χ0v) is 8.10. The van der Waals surface area contributed by atoms with Crippen molar-refractivity contribution in [3.63, 3.8) is 0 Å². The lowest BCUT2D eigenvalue weighted by Crippen LogP contribution is -2.44. The van der Waals surface area contributed by atoms with Gasteiger partial charge in [-0.25, -0.2) is 0 Å². The van der Waals surface area contributed by atoms with Crippen LogP contribution >= 0.6 is 0 Å². The van der Waals surface area contributed by atoms with E-state index in [1.165, 1.54) is 13.8 Å². The molecule has 0 spiro atoms. The van der Waals surface area contributed by atoms with Crippen LogP contribution in [-0.2, 0) is 19.0 Å². The van der Waals surface area contributed by atoms with E-state index in [2.05, 4.69) is 0 Å². The minimum absolute atomic E-state index is 0.0681. The lowest BCUT2D eigenvalue weighted by atomic mass is 10.3. The molecule has 82 valence electrons. The van der Waals surface area contributed by atoms with Crippen molar-refractivity contribution in [3.8, 4) is 0 Å². The normalized spacial score (nSPS) is 34.1. The molecule has 0 saturated carbocycles. The third-order valence-electron chi connectivity index (χ3n) is 1.87. The van der Waals surface area contributed by atoms with Gasteiger partial charge in [-0.05, 0) is 6.92 Å². The summed E-state index contributed by atoms with van der Waals surface area (Å²) in [4.78, 5) is 10.6. The van der Waals surface area contributed by atoms with E-state index in [9.17, 15) is 9.90 Å². The van der Waals surface area contributed by atoms with Gasteiger partial charge in [0.25, 0.3) is 0 Å². The van der Waals surface area contributed by atoms with Crippen LogP contribution in [0.3, 0.4) is 0 Å². The van der Waals surface area contributed by atoms with Gasteiger partial charge in [0.1, 0.15) is 6.10 Å². The molecule has 0 aliphatic carbocycles. The maximum absolute atomic E-state index is 10.6. The average Bonchev–Trinajstić information content (AvgIpc) is 2.48. The molecule has 0 aromatic rings. The van der Waals surface area contributed by atoms with Crippen LogP contribution in [0.2, 0.25) is 0 Å². The van der Waals surface area contributed by atoms with E-state index in [1.54, 1.807) is 0 Å². The summed E-state index contributed by atoms with van der Waals surface area (Å²) in [6, 6.07) is 0. The van der Waals surface area contributed by atoms with Gasteiger partial charge in [0.05, 0.1) is 13.2 Å². The molecule has 1 rings (SSSR count). The molecule has 3 unspecified atom stereocenters. The molecule has 0 bridgehead atoms. The van der Waals surface area contributed by atoms with Crippen LogP contribution in [-0.4, -0.2) is 47.6 Å². The fourth-order valence-corrected chi connectivity index (χ4v) is 1.15. The van der Waals surface area contributed by atoms with Gasteiger partial charge in [-0.15, -0.1) is 0 Å². The molecule has 3 atom stereocenters. The highest BCUT2D eigenvalue weighted by atomic mass is 16.9. The Labute approximate surface area is 81.4 Å². The summed E-state index contributed by atoms with van der Waals surface area (Å²) in [7, 11) is 0. The second-order valence-corrected chi connectivity index (χ2v) is 3.12. The van der Waals surface area contributed by atoms with Gasteiger partial charge in [0.15, 0.2) is 6.10 Å². The first-order valence-corrected chi connectivity index (χ1v) is 4.30. The summed E-state index contributed by atoms with van der Waals surface area (Å²) in [6.07, 6.45) is -1.52. The summed E-state index contributed by atoms with van der Waals surface area (Å²) in [5.41, 5.74) is 0. The Morgan fingerprint density at radius 3 is 2.86 bits per heavy atom. The van der Waals surface area contributed by atoms with Crippen molar-refractivity contribution < 1.29 is 29.2 Å². The molecular weight excluding hydrogens is 192 g/mol. The number of carbonyl (C=O) groups excluding carboxylic acids is 1. The first kappa shape index (κ1) is 11.4. The first-order valence-electron chi connectivity index (χ1n) is 4.30. The van der Waals surface area contributed by atoms with E-state index < -0.39 is 24.2 Å². The highest BCUT2D eigenvalue weighted by molar-refractivity contribution is 5.66. The number of aliphatic hydroxyl groups is 2. The summed E-state index contributed by atoms with van der Waals surface area (Å²) < 4.78 is 14.6. The Hall–Kier alpha value is -0.690. The van der Waals surface area contributed by atoms with Crippen LogP contribution in [0.5, 0.6) is 0 Å². The zero-order chi connectivity index (χ0) is 10.8. The van der Waals surface area contributed by atoms with E-state index in [0.29, 0.717) is 0 Å². The highest BCUT2D eigenvalue weighted by Gasteiger charge is 2.46. The van der Waals surface area contributed by atoms with Gasteiger partial charge >= 0.3 is 11.9 Å². The van der Waals surface area contributed by atoms with Crippen LogP contribution < -0.4 is 0 Å². The maximum atomic E-state index is 10.6. The van der Waals surface area contributed by atoms with Gasteiger partial charge in [-0.3, -0.25) is 4.79 Å². The van der Waals surface area contributed by atoms with Crippen molar-refractivity contribution >= 4 is 5.97 Å². The quantitative estimate of drug-likeness (QED) is 0.576. The fraction of sp³-hybridized carbons (Fsp3) is 0.875. The summed E-state index contributed by atoms with van der Waals surface area (Å²) in [5.74, 6) is -2.48. The highest BCUT2D eigenvalue weighted by Crippen LogP contribution is 2.26. The van der Waals surface area contributed by atoms with Gasteiger partial charge in [0.2, 0.25) is 0 Å². The van der Waals surface area contributed by atoms with Crippen LogP contribution in [0.4, 0.5) is 0 Å². The number of hydrogen-bond donors (Lipinski definition) is 2. The van der Waals surface area contributed by atoms with Crippen molar-refractivity contribution in [1.29, 1.82) is 0 Å². The predicted molar refractivity (Wildman–Crippen MR) is 44.1 cm³/mol. The van der Waals surface area contributed by atoms with Crippen LogP contribution in [0.1, 0.15) is 13.8 Å². The molecule has 0 aromatic heterocycles. The monoisotopic (exact) mass is 206 g/mol. The van der Waals surface area contributed by atoms with Crippen molar-refractivity contribution in [2.75, 3.05) is 13.2 Å². The molecule has 1 heterocycles. The molecule has 1 saturated heterocycles. The van der Waals surface area contributed by atoms with E-state index in [1.807, 2.05) is 0 Å². The fourth-order valence-electron chi connectivity index (χ4n) is 1.15. The van der Waals surface area contributed by atoms with Crippen LogP contribution in [0.15, 0.2) is 0 Å².